The van der Waals surface area contributed by atoms with Gasteiger partial charge in [-0.1, -0.05) is 70.2 Å². The number of esters is 1. The van der Waals surface area contributed by atoms with Crippen molar-refractivity contribution in [2.75, 3.05) is 65.5 Å². The number of hydrazine groups is 1. The molecule has 3 amide bonds. The number of likely N-dealkylation sites (N-methyl/N-ethyl adjacent to an activating group) is 2. The number of phenols is 1. The van der Waals surface area contributed by atoms with Crippen molar-refractivity contribution in [3.8, 4) is 28.1 Å². The van der Waals surface area contributed by atoms with Crippen LogP contribution in [0.2, 0.25) is 0 Å². The van der Waals surface area contributed by atoms with Gasteiger partial charge in [0.1, 0.15) is 30.0 Å². The SMILES string of the molecule is CCn1c(-c2cc(N3CCN(C)CC3)cnc2[C@H](C)OC)c2c3cc(ccc31)-c1cc(O)cc(c1)C[C@H](NC(=O)[C@H](C(C)C)N(C)C(=O)[C@@H]1OCC[C@@H]1c1ccccc1)C(=O)N1N[C@H](C(=O)OCC(C)(C)C2)C2CC1C2. The highest BCUT2D eigenvalue weighted by atomic mass is 16.5. The molecule has 4 saturated heterocycles. The third kappa shape index (κ3) is 10.3. The molecule has 5 aliphatic heterocycles. The van der Waals surface area contributed by atoms with Gasteiger partial charge in [0.25, 0.3) is 11.8 Å². The lowest BCUT2D eigenvalue weighted by Crippen LogP contribution is -2.72. The van der Waals surface area contributed by atoms with Gasteiger partial charge in [-0.05, 0) is 117 Å². The molecule has 404 valence electrons. The average molecular weight is 1040 g/mol. The van der Waals surface area contributed by atoms with Crippen molar-refractivity contribution in [3.05, 3.63) is 101 Å². The highest BCUT2D eigenvalue weighted by Crippen LogP contribution is 2.44. The van der Waals surface area contributed by atoms with E-state index in [2.05, 4.69) is 77.2 Å². The predicted molar refractivity (Wildman–Crippen MR) is 292 cm³/mol. The maximum atomic E-state index is 15.2. The molecule has 7 heterocycles. The van der Waals surface area contributed by atoms with Crippen LogP contribution in [0.1, 0.15) is 95.2 Å². The number of rotatable bonds is 11. The lowest BCUT2D eigenvalue weighted by molar-refractivity contribution is -0.171. The molecule has 1 saturated carbocycles. The largest absolute Gasteiger partial charge is 0.508 e. The van der Waals surface area contributed by atoms with Gasteiger partial charge in [-0.25, -0.2) is 5.43 Å². The lowest BCUT2D eigenvalue weighted by atomic mass is 9.73. The van der Waals surface area contributed by atoms with Gasteiger partial charge in [-0.2, -0.15) is 0 Å². The highest BCUT2D eigenvalue weighted by Gasteiger charge is 2.52. The number of pyridine rings is 1. The first-order chi connectivity index (χ1) is 36.4. The standard InChI is InChI=1S/C60H76N8O8/c1-10-67-50-17-16-39-30-46(50)48(54(67)47-31-43(33-61-51(47)36(4)74-9)66-21-19-64(7)20-22-66)32-60(5,6)34-76-59(73)52-41-27-42(28-41)68(63-52)57(71)49(26-37-24-40(39)29-44(69)25-37)62-56(70)53(35(2)3)65(8)58(72)55-45(18-23-75-55)38-14-12-11-13-15-38/h11-17,24-25,29-31,33,35-36,41-42,45,49,52-53,55,63,69H,10,18-23,26-28,32,34H2,1-9H3,(H,62,70)/t36-,41?,42?,45+,49-,52-,53-,55+/m0/s1. The molecule has 6 aliphatic rings. The molecule has 0 radical (unpaired) electrons. The van der Waals surface area contributed by atoms with Crippen molar-refractivity contribution in [1.82, 2.24) is 35.1 Å². The minimum atomic E-state index is -1.15. The fourth-order valence-electron chi connectivity index (χ4n) is 12.6. The van der Waals surface area contributed by atoms with Gasteiger partial charge in [0.2, 0.25) is 5.91 Å². The first-order valence-electron chi connectivity index (χ1n) is 27.4. The fraction of sp³-hybridized carbons (Fsp3) is 0.517. The summed E-state index contributed by atoms with van der Waals surface area (Å²) >= 11 is 0. The van der Waals surface area contributed by atoms with Crippen molar-refractivity contribution in [1.29, 1.82) is 0 Å². The summed E-state index contributed by atoms with van der Waals surface area (Å²) in [4.78, 5) is 70.2. The Morgan fingerprint density at radius 3 is 2.45 bits per heavy atom. The zero-order valence-electron chi connectivity index (χ0n) is 45.7. The molecular formula is C60H76N8O8. The number of aromatic hydroxyl groups is 1. The Balaban J connectivity index is 1.06. The van der Waals surface area contributed by atoms with Crippen LogP contribution in [0.4, 0.5) is 5.69 Å². The number of hydrogen-bond donors (Lipinski definition) is 3. The summed E-state index contributed by atoms with van der Waals surface area (Å²) in [6.45, 7) is 17.0. The normalized spacial score (nSPS) is 24.7. The van der Waals surface area contributed by atoms with Crippen molar-refractivity contribution in [2.45, 2.75) is 122 Å². The molecule has 76 heavy (non-hydrogen) atoms. The number of anilines is 1. The number of methoxy groups -OCH3 is 1. The maximum absolute atomic E-state index is 15.2. The van der Waals surface area contributed by atoms with Crippen LogP contribution in [0, 0.1) is 17.3 Å². The van der Waals surface area contributed by atoms with E-state index in [0.29, 0.717) is 44.4 Å². The summed E-state index contributed by atoms with van der Waals surface area (Å²) in [6, 6.07) is 20.7. The van der Waals surface area contributed by atoms with Gasteiger partial charge in [0.15, 0.2) is 0 Å². The lowest BCUT2D eigenvalue weighted by Gasteiger charge is -2.53. The summed E-state index contributed by atoms with van der Waals surface area (Å²) < 4.78 is 20.8. The van der Waals surface area contributed by atoms with E-state index in [9.17, 15) is 19.5 Å². The third-order valence-corrected chi connectivity index (χ3v) is 16.9. The van der Waals surface area contributed by atoms with Crippen LogP contribution in [0.3, 0.4) is 0 Å². The number of aryl methyl sites for hydroxylation is 1. The number of aromatic nitrogens is 2. The van der Waals surface area contributed by atoms with Gasteiger partial charge in [-0.15, -0.1) is 0 Å². The quantitative estimate of drug-likeness (QED) is 0.113. The van der Waals surface area contributed by atoms with Crippen molar-refractivity contribution in [3.63, 3.8) is 0 Å². The molecule has 5 aromatic rings. The zero-order valence-corrected chi connectivity index (χ0v) is 45.7. The Morgan fingerprint density at radius 1 is 0.987 bits per heavy atom. The number of nitrogens with zero attached hydrogens (tertiary/aromatic N) is 6. The average Bonchev–Trinajstić information content (AvgIpc) is 4.08. The molecule has 8 bridgehead atoms. The molecule has 5 fully saturated rings. The molecule has 6 atom stereocenters. The van der Waals surface area contributed by atoms with Crippen molar-refractivity contribution >= 4 is 40.3 Å². The molecule has 1 aliphatic carbocycles. The Morgan fingerprint density at radius 2 is 1.74 bits per heavy atom. The molecule has 0 spiro atoms. The summed E-state index contributed by atoms with van der Waals surface area (Å²) in [5.74, 6) is -2.20. The number of carbonyl (C=O) groups is 4. The number of phenolic OH excluding ortho intramolecular Hbond substituents is 1. The first kappa shape index (κ1) is 53.1. The van der Waals surface area contributed by atoms with Gasteiger partial charge in [0, 0.05) is 93.8 Å². The van der Waals surface area contributed by atoms with Crippen LogP contribution >= 0.6 is 0 Å². The second-order valence-electron chi connectivity index (χ2n) is 23.1. The van der Waals surface area contributed by atoms with E-state index in [0.717, 1.165) is 82.0 Å². The van der Waals surface area contributed by atoms with Gasteiger partial charge in [-0.3, -0.25) is 29.2 Å². The van der Waals surface area contributed by atoms with Crippen molar-refractivity contribution < 1.29 is 38.5 Å². The Hall–Kier alpha value is -6.33. The number of ether oxygens (including phenoxy) is 3. The van der Waals surface area contributed by atoms with E-state index in [1.807, 2.05) is 63.4 Å². The number of amides is 3. The van der Waals surface area contributed by atoms with E-state index < -0.39 is 47.4 Å². The number of hydrogen-bond acceptors (Lipinski definition) is 12. The Labute approximate surface area is 447 Å². The van der Waals surface area contributed by atoms with Crippen LogP contribution in [0.15, 0.2) is 79.0 Å². The minimum absolute atomic E-state index is 0.00774. The first-order valence-corrected chi connectivity index (χ1v) is 27.4. The van der Waals surface area contributed by atoms with Gasteiger partial charge < -0.3 is 43.9 Å². The topological polar surface area (TPSA) is 171 Å². The molecule has 3 aromatic carbocycles. The Kier molecular flexibility index (Phi) is 15.1. The molecule has 16 nitrogen and oxygen atoms in total. The number of fused-ring (bicyclic) bond motifs is 4. The monoisotopic (exact) mass is 1040 g/mol. The van der Waals surface area contributed by atoms with E-state index >= 15 is 4.79 Å². The van der Waals surface area contributed by atoms with Crippen molar-refractivity contribution in [2.24, 2.45) is 17.3 Å². The molecule has 2 aromatic heterocycles. The second kappa shape index (κ2) is 21.6. The van der Waals surface area contributed by atoms with E-state index in [-0.39, 0.29) is 54.6 Å². The summed E-state index contributed by atoms with van der Waals surface area (Å²) in [5, 5.41) is 17.2. The predicted octanol–water partition coefficient (Wildman–Crippen LogP) is 7.26. The molecule has 11 rings (SSSR count). The molecule has 0 unspecified atom stereocenters. The van der Waals surface area contributed by atoms with E-state index in [4.69, 9.17) is 19.2 Å². The maximum Gasteiger partial charge on any atom is 0.325 e. The van der Waals surface area contributed by atoms with Crippen LogP contribution in [-0.4, -0.2) is 144 Å². The third-order valence-electron chi connectivity index (χ3n) is 16.9. The van der Waals surface area contributed by atoms with Crippen LogP contribution < -0.4 is 15.6 Å². The Bertz CT molecular complexity index is 2980. The second-order valence-corrected chi connectivity index (χ2v) is 23.1. The smallest absolute Gasteiger partial charge is 0.325 e. The molecular weight excluding hydrogens is 961 g/mol. The molecule has 3 N–H and O–H groups in total. The van der Waals surface area contributed by atoms with Crippen LogP contribution in [-0.2, 0) is 52.8 Å². The highest BCUT2D eigenvalue weighted by molar-refractivity contribution is 5.96. The van der Waals surface area contributed by atoms with E-state index in [1.54, 1.807) is 26.3 Å². The van der Waals surface area contributed by atoms with Gasteiger partial charge >= 0.3 is 5.97 Å². The van der Waals surface area contributed by atoms with Gasteiger partial charge in [0.05, 0.1) is 36.0 Å². The number of cyclic esters (lactones) is 1. The fourth-order valence-corrected chi connectivity index (χ4v) is 12.6. The molecule has 16 heteroatoms. The van der Waals surface area contributed by atoms with Crippen LogP contribution in [0.5, 0.6) is 5.75 Å². The summed E-state index contributed by atoms with van der Waals surface area (Å²) in [6.07, 6.45) is 3.31. The van der Waals surface area contributed by atoms with Crippen LogP contribution in [0.25, 0.3) is 33.3 Å². The number of piperazine rings is 1. The van der Waals surface area contributed by atoms with E-state index in [1.165, 1.54) is 9.91 Å². The number of carbonyl (C=O) groups excluding carboxylic acids is 4. The number of nitrogens with one attached hydrogen (secondary N) is 2. The minimum Gasteiger partial charge on any atom is -0.508 e. The number of benzene rings is 3. The summed E-state index contributed by atoms with van der Waals surface area (Å²) in [7, 11) is 5.49. The zero-order chi connectivity index (χ0) is 53.7. The summed E-state index contributed by atoms with van der Waals surface area (Å²) in [5.41, 5.74) is 11.9.